The Labute approximate surface area is 98.5 Å². The van der Waals surface area contributed by atoms with Crippen LogP contribution in [0.4, 0.5) is 14.5 Å². The van der Waals surface area contributed by atoms with Crippen LogP contribution in [-0.2, 0) is 4.74 Å². The van der Waals surface area contributed by atoms with Gasteiger partial charge in [-0.3, -0.25) is 0 Å². The van der Waals surface area contributed by atoms with Crippen molar-refractivity contribution in [2.24, 2.45) is 5.41 Å². The van der Waals surface area contributed by atoms with Gasteiger partial charge in [-0.2, -0.15) is 0 Å². The van der Waals surface area contributed by atoms with Gasteiger partial charge in [0, 0.05) is 17.8 Å². The molecule has 0 saturated carbocycles. The van der Waals surface area contributed by atoms with Crippen molar-refractivity contribution in [3.05, 3.63) is 23.8 Å². The Morgan fingerprint density at radius 2 is 1.94 bits per heavy atom. The van der Waals surface area contributed by atoms with E-state index in [1.54, 1.807) is 0 Å². The average molecular weight is 243 g/mol. The maximum Gasteiger partial charge on any atom is 0.190 e. The standard InChI is InChI=1S/C12H15F2NO2/c1-2-12(5-16-6-12)7-17-11-9(13)3-8(15)4-10(11)14/h3-4H,2,5-7,15H2,1H3. The molecule has 0 aromatic heterocycles. The zero-order chi connectivity index (χ0) is 12.5. The van der Waals surface area contributed by atoms with E-state index >= 15 is 0 Å². The first-order valence-electron chi connectivity index (χ1n) is 5.51. The van der Waals surface area contributed by atoms with Crippen LogP contribution in [0.1, 0.15) is 13.3 Å². The van der Waals surface area contributed by atoms with Gasteiger partial charge in [0.2, 0.25) is 0 Å². The maximum absolute atomic E-state index is 13.4. The fourth-order valence-electron chi connectivity index (χ4n) is 1.72. The molecule has 2 rings (SSSR count). The Kier molecular flexibility index (Phi) is 3.19. The second-order valence-corrected chi connectivity index (χ2v) is 4.45. The van der Waals surface area contributed by atoms with E-state index in [1.807, 2.05) is 6.92 Å². The Morgan fingerprint density at radius 1 is 1.35 bits per heavy atom. The number of nitrogens with two attached hydrogens (primary N) is 1. The van der Waals surface area contributed by atoms with Gasteiger partial charge in [-0.1, -0.05) is 6.92 Å². The summed E-state index contributed by atoms with van der Waals surface area (Å²) in [4.78, 5) is 0. The molecule has 0 bridgehead atoms. The van der Waals surface area contributed by atoms with E-state index in [2.05, 4.69) is 0 Å². The highest BCUT2D eigenvalue weighted by Crippen LogP contribution is 2.33. The number of nitrogen functional groups attached to an aromatic ring is 1. The van der Waals surface area contributed by atoms with Gasteiger partial charge < -0.3 is 15.2 Å². The predicted octanol–water partition coefficient (Wildman–Crippen LogP) is 2.35. The van der Waals surface area contributed by atoms with Gasteiger partial charge in [0.1, 0.15) is 0 Å². The summed E-state index contributed by atoms with van der Waals surface area (Å²) in [5.74, 6) is -1.90. The highest BCUT2D eigenvalue weighted by Gasteiger charge is 2.38. The number of hydrogen-bond acceptors (Lipinski definition) is 3. The first kappa shape index (κ1) is 12.1. The lowest BCUT2D eigenvalue weighted by Gasteiger charge is -2.40. The quantitative estimate of drug-likeness (QED) is 0.825. The SMILES string of the molecule is CCC1(COc2c(F)cc(N)cc2F)COC1. The summed E-state index contributed by atoms with van der Waals surface area (Å²) in [5, 5.41) is 0. The van der Waals surface area contributed by atoms with Crippen molar-refractivity contribution in [1.82, 2.24) is 0 Å². The van der Waals surface area contributed by atoms with Gasteiger partial charge in [0.05, 0.1) is 25.2 Å². The summed E-state index contributed by atoms with van der Waals surface area (Å²) in [5.41, 5.74) is 5.25. The van der Waals surface area contributed by atoms with Crippen LogP contribution in [0.2, 0.25) is 0 Å². The van der Waals surface area contributed by atoms with Gasteiger partial charge in [-0.15, -0.1) is 0 Å². The van der Waals surface area contributed by atoms with Gasteiger partial charge in [0.25, 0.3) is 0 Å². The fourth-order valence-corrected chi connectivity index (χ4v) is 1.72. The molecule has 1 fully saturated rings. The molecular weight excluding hydrogens is 228 g/mol. The lowest BCUT2D eigenvalue weighted by Crippen LogP contribution is -2.46. The summed E-state index contributed by atoms with van der Waals surface area (Å²) >= 11 is 0. The van der Waals surface area contributed by atoms with Crippen LogP contribution in [0.15, 0.2) is 12.1 Å². The molecule has 0 amide bonds. The van der Waals surface area contributed by atoms with Gasteiger partial charge in [0.15, 0.2) is 17.4 Å². The number of halogens is 2. The molecule has 0 spiro atoms. The van der Waals surface area contributed by atoms with Crippen LogP contribution in [-0.4, -0.2) is 19.8 Å². The van der Waals surface area contributed by atoms with E-state index in [-0.39, 0.29) is 23.5 Å². The molecule has 1 aliphatic rings. The number of hydrogen-bond donors (Lipinski definition) is 1. The molecule has 1 saturated heterocycles. The minimum atomic E-state index is -0.769. The van der Waals surface area contributed by atoms with Gasteiger partial charge in [-0.05, 0) is 6.42 Å². The summed E-state index contributed by atoms with van der Waals surface area (Å²) in [7, 11) is 0. The van der Waals surface area contributed by atoms with Crippen molar-refractivity contribution in [1.29, 1.82) is 0 Å². The van der Waals surface area contributed by atoms with Crippen molar-refractivity contribution in [3.63, 3.8) is 0 Å². The molecule has 2 N–H and O–H groups in total. The zero-order valence-corrected chi connectivity index (χ0v) is 9.63. The molecule has 1 heterocycles. The zero-order valence-electron chi connectivity index (χ0n) is 9.63. The van der Waals surface area contributed by atoms with Crippen molar-refractivity contribution >= 4 is 5.69 Å². The highest BCUT2D eigenvalue weighted by atomic mass is 19.1. The largest absolute Gasteiger partial charge is 0.487 e. The normalized spacial score (nSPS) is 17.6. The molecular formula is C12H15F2NO2. The summed E-state index contributed by atoms with van der Waals surface area (Å²) < 4.78 is 37.2. The van der Waals surface area contributed by atoms with E-state index in [4.69, 9.17) is 15.2 Å². The van der Waals surface area contributed by atoms with Crippen LogP contribution in [0.25, 0.3) is 0 Å². The molecule has 5 heteroatoms. The Balaban J connectivity index is 2.09. The Bertz CT molecular complexity index is 390. The third-order valence-corrected chi connectivity index (χ3v) is 3.11. The predicted molar refractivity (Wildman–Crippen MR) is 59.8 cm³/mol. The lowest BCUT2D eigenvalue weighted by atomic mass is 9.84. The Hall–Kier alpha value is -1.36. The molecule has 94 valence electrons. The molecule has 0 unspecified atom stereocenters. The number of rotatable bonds is 4. The fraction of sp³-hybridized carbons (Fsp3) is 0.500. The van der Waals surface area contributed by atoms with Crippen LogP contribution in [0, 0.1) is 17.0 Å². The van der Waals surface area contributed by atoms with Crippen molar-refractivity contribution in [2.45, 2.75) is 13.3 Å². The highest BCUT2D eigenvalue weighted by molar-refractivity contribution is 5.44. The van der Waals surface area contributed by atoms with E-state index in [0.29, 0.717) is 13.2 Å². The van der Waals surface area contributed by atoms with E-state index in [9.17, 15) is 8.78 Å². The third-order valence-electron chi connectivity index (χ3n) is 3.11. The summed E-state index contributed by atoms with van der Waals surface area (Å²) in [6.07, 6.45) is 0.852. The molecule has 1 aromatic rings. The van der Waals surface area contributed by atoms with Gasteiger partial charge >= 0.3 is 0 Å². The lowest BCUT2D eigenvalue weighted by molar-refractivity contribution is -0.134. The first-order valence-corrected chi connectivity index (χ1v) is 5.51. The second-order valence-electron chi connectivity index (χ2n) is 4.45. The minimum Gasteiger partial charge on any atom is -0.487 e. The van der Waals surface area contributed by atoms with E-state index in [0.717, 1.165) is 18.6 Å². The van der Waals surface area contributed by atoms with Crippen LogP contribution < -0.4 is 10.5 Å². The Morgan fingerprint density at radius 3 is 2.35 bits per heavy atom. The van der Waals surface area contributed by atoms with Crippen LogP contribution in [0.5, 0.6) is 5.75 Å². The first-order chi connectivity index (χ1) is 8.06. The maximum atomic E-state index is 13.4. The van der Waals surface area contributed by atoms with Crippen LogP contribution in [0.3, 0.4) is 0 Å². The molecule has 1 aromatic carbocycles. The third kappa shape index (κ3) is 2.34. The van der Waals surface area contributed by atoms with Crippen molar-refractivity contribution < 1.29 is 18.3 Å². The van der Waals surface area contributed by atoms with E-state index in [1.165, 1.54) is 0 Å². The summed E-state index contributed by atoms with van der Waals surface area (Å²) in [6.45, 7) is 3.40. The number of ether oxygens (including phenoxy) is 2. The monoisotopic (exact) mass is 243 g/mol. The van der Waals surface area contributed by atoms with Crippen molar-refractivity contribution in [3.8, 4) is 5.75 Å². The van der Waals surface area contributed by atoms with Crippen LogP contribution >= 0.6 is 0 Å². The molecule has 0 atom stereocenters. The molecule has 1 aliphatic heterocycles. The molecule has 3 nitrogen and oxygen atoms in total. The smallest absolute Gasteiger partial charge is 0.190 e. The number of benzene rings is 1. The van der Waals surface area contributed by atoms with Crippen molar-refractivity contribution in [2.75, 3.05) is 25.6 Å². The number of anilines is 1. The average Bonchev–Trinajstić information content (AvgIpc) is 2.19. The topological polar surface area (TPSA) is 44.5 Å². The molecule has 0 aliphatic carbocycles. The molecule has 0 radical (unpaired) electrons. The second kappa shape index (κ2) is 4.49. The summed E-state index contributed by atoms with van der Waals surface area (Å²) in [6, 6.07) is 2.10. The van der Waals surface area contributed by atoms with Gasteiger partial charge in [-0.25, -0.2) is 8.78 Å². The van der Waals surface area contributed by atoms with E-state index < -0.39 is 11.6 Å². The minimum absolute atomic E-state index is 0.0459. The molecule has 17 heavy (non-hydrogen) atoms.